The summed E-state index contributed by atoms with van der Waals surface area (Å²) in [4.78, 5) is 13.1. The Hall–Kier alpha value is -1.92. The van der Waals surface area contributed by atoms with Gasteiger partial charge >= 0.3 is 0 Å². The molecule has 6 nitrogen and oxygen atoms in total. The van der Waals surface area contributed by atoms with Gasteiger partial charge in [-0.2, -0.15) is 0 Å². The van der Waals surface area contributed by atoms with Crippen molar-refractivity contribution in [1.29, 1.82) is 0 Å². The number of rotatable bonds is 4. The Morgan fingerprint density at radius 3 is 2.40 bits per heavy atom. The van der Waals surface area contributed by atoms with E-state index in [2.05, 4.69) is 19.8 Å². The number of aliphatic hydroxyl groups is 1. The zero-order valence-electron chi connectivity index (χ0n) is 11.3. The standard InChI is InChI=1S/C14H18N4O2/c19-11-13-3-2-12(20-13)10-17-6-8-18(9-7-17)14-15-4-1-5-16-14/h1-5,19H,6-11H2. The van der Waals surface area contributed by atoms with E-state index in [-0.39, 0.29) is 6.61 Å². The number of nitrogens with zero attached hydrogens (tertiary/aromatic N) is 4. The molecule has 1 saturated heterocycles. The summed E-state index contributed by atoms with van der Waals surface area (Å²) in [6.07, 6.45) is 3.54. The molecule has 0 spiro atoms. The van der Waals surface area contributed by atoms with Gasteiger partial charge in [0.05, 0.1) is 6.54 Å². The average Bonchev–Trinajstić information content (AvgIpc) is 2.97. The van der Waals surface area contributed by atoms with Crippen LogP contribution in [0.25, 0.3) is 0 Å². The predicted molar refractivity (Wildman–Crippen MR) is 74.2 cm³/mol. The van der Waals surface area contributed by atoms with Gasteiger partial charge in [0.15, 0.2) is 0 Å². The Labute approximate surface area is 117 Å². The summed E-state index contributed by atoms with van der Waals surface area (Å²) in [6, 6.07) is 5.58. The average molecular weight is 274 g/mol. The summed E-state index contributed by atoms with van der Waals surface area (Å²) < 4.78 is 5.52. The van der Waals surface area contributed by atoms with Gasteiger partial charge in [-0.1, -0.05) is 0 Å². The molecule has 0 aromatic carbocycles. The van der Waals surface area contributed by atoms with Gasteiger partial charge in [0, 0.05) is 38.6 Å². The largest absolute Gasteiger partial charge is 0.462 e. The molecule has 0 bridgehead atoms. The Bertz CT molecular complexity index is 535. The summed E-state index contributed by atoms with van der Waals surface area (Å²) >= 11 is 0. The molecule has 0 radical (unpaired) electrons. The molecule has 6 heteroatoms. The summed E-state index contributed by atoms with van der Waals surface area (Å²) in [5.74, 6) is 2.32. The zero-order chi connectivity index (χ0) is 13.8. The highest BCUT2D eigenvalue weighted by Gasteiger charge is 2.19. The second-order valence-electron chi connectivity index (χ2n) is 4.84. The van der Waals surface area contributed by atoms with Gasteiger partial charge in [-0.05, 0) is 18.2 Å². The molecule has 0 amide bonds. The third-order valence-electron chi connectivity index (χ3n) is 3.46. The summed E-state index contributed by atoms with van der Waals surface area (Å²) in [5.41, 5.74) is 0. The molecule has 2 aromatic heterocycles. The van der Waals surface area contributed by atoms with Crippen molar-refractivity contribution in [2.45, 2.75) is 13.2 Å². The van der Waals surface area contributed by atoms with Crippen molar-refractivity contribution in [3.8, 4) is 0 Å². The van der Waals surface area contributed by atoms with E-state index in [0.717, 1.165) is 44.4 Å². The molecule has 0 unspecified atom stereocenters. The van der Waals surface area contributed by atoms with E-state index < -0.39 is 0 Å². The fourth-order valence-electron chi connectivity index (χ4n) is 2.37. The van der Waals surface area contributed by atoms with Gasteiger partial charge < -0.3 is 14.4 Å². The van der Waals surface area contributed by atoms with Crippen LogP contribution >= 0.6 is 0 Å². The molecule has 3 heterocycles. The third kappa shape index (κ3) is 2.97. The lowest BCUT2D eigenvalue weighted by Gasteiger charge is -2.34. The van der Waals surface area contributed by atoms with Crippen LogP contribution in [0.3, 0.4) is 0 Å². The van der Waals surface area contributed by atoms with E-state index in [1.54, 1.807) is 12.4 Å². The first-order valence-electron chi connectivity index (χ1n) is 6.78. The van der Waals surface area contributed by atoms with Crippen LogP contribution in [0.4, 0.5) is 5.95 Å². The van der Waals surface area contributed by atoms with Crippen molar-refractivity contribution < 1.29 is 9.52 Å². The maximum atomic E-state index is 8.99. The number of furan rings is 1. The van der Waals surface area contributed by atoms with E-state index in [9.17, 15) is 0 Å². The maximum absolute atomic E-state index is 8.99. The minimum Gasteiger partial charge on any atom is -0.462 e. The minimum absolute atomic E-state index is 0.0425. The molecule has 20 heavy (non-hydrogen) atoms. The number of aromatic nitrogens is 2. The monoisotopic (exact) mass is 274 g/mol. The molecule has 1 aliphatic rings. The van der Waals surface area contributed by atoms with Crippen molar-refractivity contribution in [2.75, 3.05) is 31.1 Å². The molecule has 1 N–H and O–H groups in total. The van der Waals surface area contributed by atoms with Gasteiger partial charge in [-0.25, -0.2) is 9.97 Å². The second-order valence-corrected chi connectivity index (χ2v) is 4.84. The van der Waals surface area contributed by atoms with E-state index in [0.29, 0.717) is 5.76 Å². The van der Waals surface area contributed by atoms with E-state index in [4.69, 9.17) is 9.52 Å². The molecule has 0 saturated carbocycles. The molecule has 0 aliphatic carbocycles. The number of piperazine rings is 1. The molecular weight excluding hydrogens is 256 g/mol. The lowest BCUT2D eigenvalue weighted by molar-refractivity contribution is 0.211. The first-order valence-corrected chi connectivity index (χ1v) is 6.78. The van der Waals surface area contributed by atoms with Crippen molar-refractivity contribution in [2.24, 2.45) is 0 Å². The van der Waals surface area contributed by atoms with E-state index >= 15 is 0 Å². The van der Waals surface area contributed by atoms with E-state index in [1.807, 2.05) is 18.2 Å². The lowest BCUT2D eigenvalue weighted by Crippen LogP contribution is -2.46. The topological polar surface area (TPSA) is 65.6 Å². The van der Waals surface area contributed by atoms with Crippen LogP contribution in [0, 0.1) is 0 Å². The molecule has 0 atom stereocenters. The smallest absolute Gasteiger partial charge is 0.225 e. The molecule has 1 fully saturated rings. The van der Waals surface area contributed by atoms with Gasteiger partial charge in [0.2, 0.25) is 5.95 Å². The fourth-order valence-corrected chi connectivity index (χ4v) is 2.37. The normalized spacial score (nSPS) is 16.6. The molecule has 1 aliphatic heterocycles. The number of anilines is 1. The van der Waals surface area contributed by atoms with Crippen LogP contribution in [-0.4, -0.2) is 46.2 Å². The number of aliphatic hydroxyl groups excluding tert-OH is 1. The third-order valence-corrected chi connectivity index (χ3v) is 3.46. The van der Waals surface area contributed by atoms with Crippen LogP contribution in [0.5, 0.6) is 0 Å². The summed E-state index contributed by atoms with van der Waals surface area (Å²) in [5, 5.41) is 8.99. The second kappa shape index (κ2) is 6.02. The first kappa shape index (κ1) is 13.1. The Balaban J connectivity index is 1.53. The minimum atomic E-state index is -0.0425. The SMILES string of the molecule is OCc1ccc(CN2CCN(c3ncccn3)CC2)o1. The quantitative estimate of drug-likeness (QED) is 0.893. The van der Waals surface area contributed by atoms with Crippen LogP contribution in [0.2, 0.25) is 0 Å². The first-order chi connectivity index (χ1) is 9.85. The van der Waals surface area contributed by atoms with Crippen LogP contribution < -0.4 is 4.90 Å². The van der Waals surface area contributed by atoms with Crippen molar-refractivity contribution in [3.63, 3.8) is 0 Å². The fraction of sp³-hybridized carbons (Fsp3) is 0.429. The van der Waals surface area contributed by atoms with Crippen LogP contribution in [0.15, 0.2) is 35.0 Å². The Morgan fingerprint density at radius 2 is 1.75 bits per heavy atom. The van der Waals surface area contributed by atoms with Crippen LogP contribution in [-0.2, 0) is 13.2 Å². The molecule has 3 rings (SSSR count). The Kier molecular flexibility index (Phi) is 3.94. The summed E-state index contributed by atoms with van der Waals surface area (Å²) in [6.45, 7) is 4.47. The maximum Gasteiger partial charge on any atom is 0.225 e. The highest BCUT2D eigenvalue weighted by molar-refractivity contribution is 5.29. The molecular formula is C14H18N4O2. The highest BCUT2D eigenvalue weighted by atomic mass is 16.4. The van der Waals surface area contributed by atoms with Gasteiger partial charge in [-0.3, -0.25) is 4.90 Å². The van der Waals surface area contributed by atoms with Gasteiger partial charge in [0.25, 0.3) is 0 Å². The molecule has 2 aromatic rings. The van der Waals surface area contributed by atoms with Crippen molar-refractivity contribution in [1.82, 2.24) is 14.9 Å². The van der Waals surface area contributed by atoms with Crippen LogP contribution in [0.1, 0.15) is 11.5 Å². The van der Waals surface area contributed by atoms with Crippen molar-refractivity contribution in [3.05, 3.63) is 42.1 Å². The van der Waals surface area contributed by atoms with Crippen molar-refractivity contribution >= 4 is 5.95 Å². The molecule has 106 valence electrons. The number of hydrogen-bond acceptors (Lipinski definition) is 6. The van der Waals surface area contributed by atoms with E-state index in [1.165, 1.54) is 0 Å². The summed E-state index contributed by atoms with van der Waals surface area (Å²) in [7, 11) is 0. The number of hydrogen-bond donors (Lipinski definition) is 1. The lowest BCUT2D eigenvalue weighted by atomic mass is 10.3. The highest BCUT2D eigenvalue weighted by Crippen LogP contribution is 2.14. The zero-order valence-corrected chi connectivity index (χ0v) is 11.3. The van der Waals surface area contributed by atoms with Gasteiger partial charge in [0.1, 0.15) is 18.1 Å². The van der Waals surface area contributed by atoms with Gasteiger partial charge in [-0.15, -0.1) is 0 Å². The predicted octanol–water partition coefficient (Wildman–Crippen LogP) is 0.884. The Morgan fingerprint density at radius 1 is 1.05 bits per heavy atom.